The fourth-order valence-electron chi connectivity index (χ4n) is 1.99. The van der Waals surface area contributed by atoms with Crippen molar-refractivity contribution in [1.82, 2.24) is 10.2 Å². The van der Waals surface area contributed by atoms with E-state index in [1.54, 1.807) is 11.3 Å². The number of primary amides is 1. The fourth-order valence-corrected chi connectivity index (χ4v) is 2.83. The first kappa shape index (κ1) is 16.1. The summed E-state index contributed by atoms with van der Waals surface area (Å²) < 4.78 is 0. The number of likely N-dealkylation sites (N-methyl/N-ethyl adjacent to an activating group) is 1. The minimum Gasteiger partial charge on any atom is -0.366 e. The van der Waals surface area contributed by atoms with Crippen LogP contribution in [0.15, 0.2) is 11.4 Å². The largest absolute Gasteiger partial charge is 0.366 e. The predicted molar refractivity (Wildman–Crippen MR) is 81.5 cm³/mol. The number of hydrogen-bond acceptors (Lipinski definition) is 4. The van der Waals surface area contributed by atoms with Crippen LogP contribution in [0.2, 0.25) is 0 Å². The number of nitrogens with one attached hydrogen (secondary N) is 1. The van der Waals surface area contributed by atoms with Crippen molar-refractivity contribution >= 4 is 17.2 Å². The minimum atomic E-state index is -0.353. The lowest BCUT2D eigenvalue weighted by Gasteiger charge is -2.26. The molecule has 1 atom stereocenters. The Balaban J connectivity index is 2.40. The maximum absolute atomic E-state index is 11.0. The summed E-state index contributed by atoms with van der Waals surface area (Å²) in [4.78, 5) is 14.4. The van der Waals surface area contributed by atoms with Crippen molar-refractivity contribution in [2.75, 3.05) is 20.6 Å². The standard InChI is InChI=1S/C14H25N3OS/c1-10(2)5-12(17(3)4)7-16-8-13-6-11(9-19-13)14(15)18/h6,9-10,12,16H,5,7-8H2,1-4H3,(H2,15,18). The Bertz CT molecular complexity index is 401. The molecule has 0 fully saturated rings. The van der Waals surface area contributed by atoms with Crippen molar-refractivity contribution in [3.05, 3.63) is 21.9 Å². The van der Waals surface area contributed by atoms with E-state index in [0.29, 0.717) is 17.5 Å². The molecule has 4 nitrogen and oxygen atoms in total. The molecule has 0 saturated heterocycles. The second kappa shape index (κ2) is 7.62. The molecule has 1 heterocycles. The summed E-state index contributed by atoms with van der Waals surface area (Å²) in [5.41, 5.74) is 5.84. The second-order valence-corrected chi connectivity index (χ2v) is 6.54. The fraction of sp³-hybridized carbons (Fsp3) is 0.643. The first-order chi connectivity index (χ1) is 8.90. The van der Waals surface area contributed by atoms with Gasteiger partial charge in [0.25, 0.3) is 0 Å². The highest BCUT2D eigenvalue weighted by Gasteiger charge is 2.13. The molecule has 1 unspecified atom stereocenters. The van der Waals surface area contributed by atoms with Gasteiger partial charge in [-0.2, -0.15) is 0 Å². The Labute approximate surface area is 120 Å². The lowest BCUT2D eigenvalue weighted by atomic mass is 10.0. The number of thiophene rings is 1. The molecule has 19 heavy (non-hydrogen) atoms. The highest BCUT2D eigenvalue weighted by molar-refractivity contribution is 7.10. The van der Waals surface area contributed by atoms with Gasteiger partial charge in [-0.05, 0) is 32.5 Å². The molecule has 1 amide bonds. The highest BCUT2D eigenvalue weighted by atomic mass is 32.1. The zero-order chi connectivity index (χ0) is 14.4. The third-order valence-corrected chi connectivity index (χ3v) is 4.03. The number of nitrogens with two attached hydrogens (primary N) is 1. The molecule has 0 aliphatic heterocycles. The summed E-state index contributed by atoms with van der Waals surface area (Å²) in [6.07, 6.45) is 1.18. The smallest absolute Gasteiger partial charge is 0.249 e. The molecule has 0 spiro atoms. The average molecular weight is 283 g/mol. The molecule has 1 rings (SSSR count). The summed E-state index contributed by atoms with van der Waals surface area (Å²) in [7, 11) is 4.23. The van der Waals surface area contributed by atoms with E-state index in [-0.39, 0.29) is 5.91 Å². The van der Waals surface area contributed by atoms with Crippen LogP contribution in [-0.2, 0) is 6.54 Å². The molecule has 0 aromatic carbocycles. The van der Waals surface area contributed by atoms with Gasteiger partial charge in [-0.1, -0.05) is 13.8 Å². The van der Waals surface area contributed by atoms with Gasteiger partial charge in [0.15, 0.2) is 0 Å². The predicted octanol–water partition coefficient (Wildman–Crippen LogP) is 1.91. The second-order valence-electron chi connectivity index (χ2n) is 5.54. The van der Waals surface area contributed by atoms with Crippen LogP contribution in [0.5, 0.6) is 0 Å². The van der Waals surface area contributed by atoms with Crippen molar-refractivity contribution in [2.24, 2.45) is 11.7 Å². The SMILES string of the molecule is CC(C)CC(CNCc1cc(C(N)=O)cs1)N(C)C. The van der Waals surface area contributed by atoms with Crippen LogP contribution in [0.4, 0.5) is 0 Å². The van der Waals surface area contributed by atoms with Gasteiger partial charge in [-0.3, -0.25) is 4.79 Å². The number of rotatable bonds is 8. The third-order valence-electron chi connectivity index (χ3n) is 3.09. The van der Waals surface area contributed by atoms with Crippen LogP contribution in [0, 0.1) is 5.92 Å². The number of carbonyl (C=O) groups is 1. The van der Waals surface area contributed by atoms with Gasteiger partial charge in [-0.25, -0.2) is 0 Å². The quantitative estimate of drug-likeness (QED) is 0.766. The Kier molecular flexibility index (Phi) is 6.48. The minimum absolute atomic E-state index is 0.353. The van der Waals surface area contributed by atoms with Crippen LogP contribution in [0.25, 0.3) is 0 Å². The van der Waals surface area contributed by atoms with E-state index in [0.717, 1.165) is 18.0 Å². The number of carbonyl (C=O) groups excluding carboxylic acids is 1. The molecule has 5 heteroatoms. The van der Waals surface area contributed by atoms with Gasteiger partial charge < -0.3 is 16.0 Å². The maximum Gasteiger partial charge on any atom is 0.249 e. The Morgan fingerprint density at radius 2 is 2.16 bits per heavy atom. The van der Waals surface area contributed by atoms with Crippen molar-refractivity contribution in [2.45, 2.75) is 32.9 Å². The van der Waals surface area contributed by atoms with Gasteiger partial charge in [-0.15, -0.1) is 11.3 Å². The lowest BCUT2D eigenvalue weighted by Crippen LogP contribution is -2.38. The van der Waals surface area contributed by atoms with Crippen molar-refractivity contribution < 1.29 is 4.79 Å². The van der Waals surface area contributed by atoms with Gasteiger partial charge in [0.1, 0.15) is 0 Å². The molecule has 0 saturated carbocycles. The maximum atomic E-state index is 11.0. The summed E-state index contributed by atoms with van der Waals surface area (Å²) in [5.74, 6) is 0.339. The Morgan fingerprint density at radius 1 is 1.47 bits per heavy atom. The van der Waals surface area contributed by atoms with Crippen LogP contribution >= 0.6 is 11.3 Å². The molecule has 0 aliphatic rings. The van der Waals surface area contributed by atoms with Gasteiger partial charge in [0.05, 0.1) is 5.56 Å². The molecule has 1 aromatic heterocycles. The molecule has 0 bridgehead atoms. The zero-order valence-electron chi connectivity index (χ0n) is 12.3. The van der Waals surface area contributed by atoms with Crippen LogP contribution in [0.3, 0.4) is 0 Å². The molecule has 0 radical (unpaired) electrons. The van der Waals surface area contributed by atoms with Crippen molar-refractivity contribution in [3.63, 3.8) is 0 Å². The molecule has 108 valence electrons. The highest BCUT2D eigenvalue weighted by Crippen LogP contribution is 2.14. The van der Waals surface area contributed by atoms with E-state index in [4.69, 9.17) is 5.73 Å². The lowest BCUT2D eigenvalue weighted by molar-refractivity contribution is 0.100. The molecular weight excluding hydrogens is 258 g/mol. The summed E-state index contributed by atoms with van der Waals surface area (Å²) in [5, 5.41) is 5.27. The molecule has 3 N–H and O–H groups in total. The van der Waals surface area contributed by atoms with Gasteiger partial charge >= 0.3 is 0 Å². The number of amides is 1. The third kappa shape index (κ3) is 5.72. The molecule has 1 aromatic rings. The number of hydrogen-bond donors (Lipinski definition) is 2. The number of nitrogens with zero attached hydrogens (tertiary/aromatic N) is 1. The summed E-state index contributed by atoms with van der Waals surface area (Å²) in [6.45, 7) is 6.24. The van der Waals surface area contributed by atoms with E-state index in [1.807, 2.05) is 11.4 Å². The van der Waals surface area contributed by atoms with E-state index >= 15 is 0 Å². The molecule has 0 aliphatic carbocycles. The van der Waals surface area contributed by atoms with E-state index in [1.165, 1.54) is 6.42 Å². The average Bonchev–Trinajstić information content (AvgIpc) is 2.75. The topological polar surface area (TPSA) is 58.4 Å². The van der Waals surface area contributed by atoms with Crippen molar-refractivity contribution in [1.29, 1.82) is 0 Å². The monoisotopic (exact) mass is 283 g/mol. The first-order valence-corrected chi connectivity index (χ1v) is 7.52. The summed E-state index contributed by atoms with van der Waals surface area (Å²) >= 11 is 1.57. The first-order valence-electron chi connectivity index (χ1n) is 6.64. The van der Waals surface area contributed by atoms with Gasteiger partial charge in [0, 0.05) is 29.4 Å². The van der Waals surface area contributed by atoms with E-state index in [9.17, 15) is 4.79 Å². The van der Waals surface area contributed by atoms with Crippen LogP contribution < -0.4 is 11.1 Å². The van der Waals surface area contributed by atoms with E-state index in [2.05, 4.69) is 38.2 Å². The normalized spacial score (nSPS) is 13.2. The van der Waals surface area contributed by atoms with Crippen LogP contribution in [0.1, 0.15) is 35.5 Å². The van der Waals surface area contributed by atoms with E-state index < -0.39 is 0 Å². The molecular formula is C14H25N3OS. The van der Waals surface area contributed by atoms with Gasteiger partial charge in [0.2, 0.25) is 5.91 Å². The summed E-state index contributed by atoms with van der Waals surface area (Å²) in [6, 6.07) is 2.41. The zero-order valence-corrected chi connectivity index (χ0v) is 13.1. The Hall–Kier alpha value is -0.910. The van der Waals surface area contributed by atoms with Crippen LogP contribution in [-0.4, -0.2) is 37.5 Å². The Morgan fingerprint density at radius 3 is 2.63 bits per heavy atom. The van der Waals surface area contributed by atoms with Crippen molar-refractivity contribution in [3.8, 4) is 0 Å².